The Labute approximate surface area is 138 Å². The Morgan fingerprint density at radius 1 is 0.750 bits per heavy atom. The van der Waals surface area contributed by atoms with E-state index in [9.17, 15) is 24.3 Å². The third kappa shape index (κ3) is 4.31. The van der Waals surface area contributed by atoms with Crippen LogP contribution in [0.25, 0.3) is 0 Å². The van der Waals surface area contributed by atoms with Crippen molar-refractivity contribution in [3.05, 3.63) is 34.4 Å². The summed E-state index contributed by atoms with van der Waals surface area (Å²) in [6.07, 6.45) is -1.11. The summed E-state index contributed by atoms with van der Waals surface area (Å²) in [5.74, 6) is -5.27. The molecule has 1 aromatic carbocycles. The molecule has 1 aromatic rings. The third-order valence-corrected chi connectivity index (χ3v) is 2.76. The first-order chi connectivity index (χ1) is 11.1. The lowest BCUT2D eigenvalue weighted by molar-refractivity contribution is 0.0324. The molecule has 1 rings (SSSR count). The van der Waals surface area contributed by atoms with E-state index >= 15 is 0 Å². The minimum Gasteiger partial charge on any atom is -0.478 e. The normalized spacial score (nSPS) is 10.6. The van der Waals surface area contributed by atoms with Crippen molar-refractivity contribution in [1.29, 1.82) is 0 Å². The van der Waals surface area contributed by atoms with Gasteiger partial charge in [0.2, 0.25) is 0 Å². The number of carbonyl (C=O) groups is 4. The molecule has 0 saturated carbocycles. The number of hydrogen-bond donors (Lipinski definition) is 2. The van der Waals surface area contributed by atoms with Crippen LogP contribution in [0, 0.1) is 0 Å². The lowest BCUT2D eigenvalue weighted by Gasteiger charge is -2.16. The maximum absolute atomic E-state index is 12.3. The summed E-state index contributed by atoms with van der Waals surface area (Å²) < 4.78 is 9.93. The molecular weight excluding hydrogens is 320 g/mol. The van der Waals surface area contributed by atoms with E-state index < -0.39 is 52.8 Å². The van der Waals surface area contributed by atoms with Crippen LogP contribution in [-0.4, -0.2) is 46.3 Å². The molecule has 0 radical (unpaired) electrons. The van der Waals surface area contributed by atoms with Crippen molar-refractivity contribution in [2.45, 2.75) is 39.9 Å². The van der Waals surface area contributed by atoms with Crippen molar-refractivity contribution in [2.75, 3.05) is 0 Å². The summed E-state index contributed by atoms with van der Waals surface area (Å²) in [7, 11) is 0. The number of esters is 2. The molecule has 0 unspecified atom stereocenters. The predicted molar refractivity (Wildman–Crippen MR) is 81.5 cm³/mol. The molecule has 130 valence electrons. The number of carbonyl (C=O) groups excluding carboxylic acids is 2. The maximum Gasteiger partial charge on any atom is 0.340 e. The summed E-state index contributed by atoms with van der Waals surface area (Å²) in [4.78, 5) is 47.2. The highest BCUT2D eigenvalue weighted by molar-refractivity contribution is 6.14. The highest BCUT2D eigenvalue weighted by atomic mass is 16.5. The van der Waals surface area contributed by atoms with Gasteiger partial charge in [0, 0.05) is 0 Å². The first kappa shape index (κ1) is 19.1. The minimum atomic E-state index is -1.66. The summed E-state index contributed by atoms with van der Waals surface area (Å²) in [6.45, 7) is 6.22. The van der Waals surface area contributed by atoms with Gasteiger partial charge in [-0.1, -0.05) is 0 Å². The fraction of sp³-hybridized carbons (Fsp3) is 0.375. The van der Waals surface area contributed by atoms with Gasteiger partial charge in [-0.25, -0.2) is 19.2 Å². The first-order valence-corrected chi connectivity index (χ1v) is 7.11. The molecule has 0 aliphatic rings. The zero-order chi connectivity index (χ0) is 18.6. The van der Waals surface area contributed by atoms with E-state index in [0.29, 0.717) is 0 Å². The van der Waals surface area contributed by atoms with Crippen molar-refractivity contribution in [2.24, 2.45) is 0 Å². The summed E-state index contributed by atoms with van der Waals surface area (Å²) >= 11 is 0. The molecule has 0 bridgehead atoms. The van der Waals surface area contributed by atoms with Crippen LogP contribution in [0.5, 0.6) is 0 Å². The summed E-state index contributed by atoms with van der Waals surface area (Å²) in [5.41, 5.74) is -2.44. The van der Waals surface area contributed by atoms with Gasteiger partial charge in [0.25, 0.3) is 0 Å². The van der Waals surface area contributed by atoms with Crippen molar-refractivity contribution in [1.82, 2.24) is 0 Å². The average Bonchev–Trinajstić information content (AvgIpc) is 2.43. The van der Waals surface area contributed by atoms with E-state index in [4.69, 9.17) is 14.6 Å². The molecule has 0 saturated heterocycles. The van der Waals surface area contributed by atoms with E-state index in [1.165, 1.54) is 13.8 Å². The van der Waals surface area contributed by atoms with Crippen LogP contribution in [0.4, 0.5) is 0 Å². The Morgan fingerprint density at radius 2 is 1.21 bits per heavy atom. The van der Waals surface area contributed by atoms with Crippen LogP contribution >= 0.6 is 0 Å². The first-order valence-electron chi connectivity index (χ1n) is 7.11. The van der Waals surface area contributed by atoms with Crippen molar-refractivity contribution in [3.63, 3.8) is 0 Å². The van der Waals surface area contributed by atoms with E-state index in [2.05, 4.69) is 0 Å². The Balaban J connectivity index is 3.68. The van der Waals surface area contributed by atoms with Gasteiger partial charge in [0.05, 0.1) is 34.5 Å². The molecule has 0 aliphatic carbocycles. The highest BCUT2D eigenvalue weighted by Gasteiger charge is 2.31. The number of hydrogen-bond acceptors (Lipinski definition) is 6. The van der Waals surface area contributed by atoms with Gasteiger partial charge in [0.1, 0.15) is 0 Å². The van der Waals surface area contributed by atoms with Crippen LogP contribution < -0.4 is 0 Å². The second kappa shape index (κ2) is 7.58. The second-order valence-corrected chi connectivity index (χ2v) is 5.43. The molecule has 8 heteroatoms. The lowest BCUT2D eigenvalue weighted by Crippen LogP contribution is -2.24. The Kier molecular flexibility index (Phi) is 6.05. The fourth-order valence-electron chi connectivity index (χ4n) is 1.94. The number of carboxylic acids is 2. The SMILES string of the molecule is CC(C)OC(=O)c1ccc(C(=O)O)c(C(=O)O)c1C(=O)OC(C)C. The molecule has 0 heterocycles. The standard InChI is InChI=1S/C16H18O8/c1-7(2)23-15(21)10-6-5-9(13(17)18)11(14(19)20)12(10)16(22)24-8(3)4/h5-8H,1-4H3,(H,17,18)(H,19,20). The number of aromatic carboxylic acids is 2. The van der Waals surface area contributed by atoms with Gasteiger partial charge < -0.3 is 19.7 Å². The monoisotopic (exact) mass is 338 g/mol. The molecule has 2 N–H and O–H groups in total. The van der Waals surface area contributed by atoms with Gasteiger partial charge in [-0.05, 0) is 39.8 Å². The molecule has 0 atom stereocenters. The molecule has 0 fully saturated rings. The lowest BCUT2D eigenvalue weighted by atomic mass is 9.95. The van der Waals surface area contributed by atoms with Crippen LogP contribution in [-0.2, 0) is 9.47 Å². The average molecular weight is 338 g/mol. The number of benzene rings is 1. The van der Waals surface area contributed by atoms with Gasteiger partial charge in [-0.2, -0.15) is 0 Å². The van der Waals surface area contributed by atoms with Crippen LogP contribution in [0.1, 0.15) is 69.1 Å². The largest absolute Gasteiger partial charge is 0.478 e. The van der Waals surface area contributed by atoms with E-state index in [-0.39, 0.29) is 5.56 Å². The van der Waals surface area contributed by atoms with Crippen molar-refractivity contribution < 1.29 is 38.9 Å². The number of carboxylic acid groups (broad SMARTS) is 2. The zero-order valence-electron chi connectivity index (χ0n) is 13.7. The smallest absolute Gasteiger partial charge is 0.340 e. The molecule has 24 heavy (non-hydrogen) atoms. The molecule has 0 spiro atoms. The topological polar surface area (TPSA) is 127 Å². The van der Waals surface area contributed by atoms with Crippen LogP contribution in [0.3, 0.4) is 0 Å². The molecule has 8 nitrogen and oxygen atoms in total. The molecular formula is C16H18O8. The molecule has 0 aliphatic heterocycles. The van der Waals surface area contributed by atoms with Gasteiger partial charge in [-0.3, -0.25) is 0 Å². The minimum absolute atomic E-state index is 0.364. The van der Waals surface area contributed by atoms with Crippen LogP contribution in [0.2, 0.25) is 0 Å². The third-order valence-electron chi connectivity index (χ3n) is 2.76. The van der Waals surface area contributed by atoms with E-state index in [1.54, 1.807) is 13.8 Å². The zero-order valence-corrected chi connectivity index (χ0v) is 13.7. The Morgan fingerprint density at radius 3 is 1.62 bits per heavy atom. The molecule has 0 aromatic heterocycles. The highest BCUT2D eigenvalue weighted by Crippen LogP contribution is 2.23. The summed E-state index contributed by atoms with van der Waals surface area (Å²) in [6, 6.07) is 1.98. The van der Waals surface area contributed by atoms with Gasteiger partial charge >= 0.3 is 23.9 Å². The van der Waals surface area contributed by atoms with E-state index in [1.807, 2.05) is 0 Å². The summed E-state index contributed by atoms with van der Waals surface area (Å²) in [5, 5.41) is 18.5. The quantitative estimate of drug-likeness (QED) is 0.756. The maximum atomic E-state index is 12.3. The van der Waals surface area contributed by atoms with Gasteiger partial charge in [0.15, 0.2) is 0 Å². The van der Waals surface area contributed by atoms with Crippen molar-refractivity contribution >= 4 is 23.9 Å². The van der Waals surface area contributed by atoms with E-state index in [0.717, 1.165) is 12.1 Å². The predicted octanol–water partition coefficient (Wildman–Crippen LogP) is 2.21. The number of rotatable bonds is 6. The fourth-order valence-corrected chi connectivity index (χ4v) is 1.94. The Hall–Kier alpha value is -2.90. The Bertz CT molecular complexity index is 688. The number of ether oxygens (including phenoxy) is 2. The molecule has 0 amide bonds. The van der Waals surface area contributed by atoms with Crippen LogP contribution in [0.15, 0.2) is 12.1 Å². The second-order valence-electron chi connectivity index (χ2n) is 5.43. The van der Waals surface area contributed by atoms with Gasteiger partial charge in [-0.15, -0.1) is 0 Å². The van der Waals surface area contributed by atoms with Crippen molar-refractivity contribution in [3.8, 4) is 0 Å².